The first-order valence-electron chi connectivity index (χ1n) is 10.0. The average Bonchev–Trinajstić information content (AvgIpc) is 3.28. The number of halogens is 1. The van der Waals surface area contributed by atoms with E-state index in [1.54, 1.807) is 11.3 Å². The lowest BCUT2D eigenvalue weighted by Gasteiger charge is -2.20. The number of likely N-dealkylation sites (N-methyl/N-ethyl adjacent to an activating group) is 1. The molecule has 0 radical (unpaired) electrons. The largest absolute Gasteiger partial charge is 0.336 e. The highest BCUT2D eigenvalue weighted by atomic mass is 79.9. The molecule has 0 spiro atoms. The van der Waals surface area contributed by atoms with E-state index in [1.807, 2.05) is 33.8 Å². The van der Waals surface area contributed by atoms with Crippen molar-refractivity contribution in [3.8, 4) is 16.9 Å². The minimum Gasteiger partial charge on any atom is -0.336 e. The van der Waals surface area contributed by atoms with Gasteiger partial charge in [0.2, 0.25) is 0 Å². The zero-order valence-electron chi connectivity index (χ0n) is 16.4. The highest BCUT2D eigenvalue weighted by molar-refractivity contribution is 9.10. The summed E-state index contributed by atoms with van der Waals surface area (Å²) in [7, 11) is 2.12. The number of aromatic nitrogens is 2. The van der Waals surface area contributed by atoms with Crippen LogP contribution in [0.5, 0.6) is 0 Å². The van der Waals surface area contributed by atoms with Crippen LogP contribution in [0.15, 0.2) is 40.2 Å². The maximum atomic E-state index is 13.5. The lowest BCUT2D eigenvalue weighted by Crippen LogP contribution is -2.35. The fourth-order valence-electron chi connectivity index (χ4n) is 4.29. The lowest BCUT2D eigenvalue weighted by molar-refractivity contribution is 0.0755. The third-order valence-electron chi connectivity index (χ3n) is 5.87. The summed E-state index contributed by atoms with van der Waals surface area (Å²) < 4.78 is 3.01. The molecule has 3 heterocycles. The Kier molecular flexibility index (Phi) is 5.05. The Morgan fingerprint density at radius 2 is 1.90 bits per heavy atom. The minimum absolute atomic E-state index is 0.0751. The van der Waals surface area contributed by atoms with Gasteiger partial charge in [0, 0.05) is 40.1 Å². The van der Waals surface area contributed by atoms with Gasteiger partial charge in [-0.05, 0) is 68.6 Å². The second-order valence-corrected chi connectivity index (χ2v) is 9.69. The van der Waals surface area contributed by atoms with Crippen molar-refractivity contribution in [1.29, 1.82) is 0 Å². The predicted molar refractivity (Wildman–Crippen MR) is 120 cm³/mol. The zero-order valence-corrected chi connectivity index (χ0v) is 18.8. The topological polar surface area (TPSA) is 41.4 Å². The van der Waals surface area contributed by atoms with Crippen molar-refractivity contribution < 1.29 is 4.79 Å². The van der Waals surface area contributed by atoms with Gasteiger partial charge in [-0.3, -0.25) is 4.79 Å². The SMILES string of the molecule is CN1CCCN(C(=O)c2nn(-c3ccc(Br)cc3)c3c2CCc2sccc2-3)CC1. The molecule has 1 aliphatic heterocycles. The molecule has 150 valence electrons. The molecule has 5 nitrogen and oxygen atoms in total. The summed E-state index contributed by atoms with van der Waals surface area (Å²) in [6.07, 6.45) is 2.86. The number of rotatable bonds is 2. The predicted octanol–water partition coefficient (Wildman–Crippen LogP) is 4.24. The maximum Gasteiger partial charge on any atom is 0.274 e. The molecule has 0 N–H and O–H groups in total. The van der Waals surface area contributed by atoms with Gasteiger partial charge >= 0.3 is 0 Å². The second kappa shape index (κ2) is 7.70. The summed E-state index contributed by atoms with van der Waals surface area (Å²) in [6.45, 7) is 3.51. The fourth-order valence-corrected chi connectivity index (χ4v) is 5.43. The molecule has 1 amide bonds. The number of nitrogens with zero attached hydrogens (tertiary/aromatic N) is 4. The van der Waals surface area contributed by atoms with E-state index in [1.165, 1.54) is 10.4 Å². The Bertz CT molecular complexity index is 1060. The van der Waals surface area contributed by atoms with Crippen LogP contribution >= 0.6 is 27.3 Å². The molecular formula is C22H23BrN4OS. The number of carbonyl (C=O) groups is 1. The highest BCUT2D eigenvalue weighted by Gasteiger charge is 2.31. The molecule has 1 fully saturated rings. The second-order valence-electron chi connectivity index (χ2n) is 7.77. The zero-order chi connectivity index (χ0) is 20.0. The van der Waals surface area contributed by atoms with Gasteiger partial charge in [-0.1, -0.05) is 15.9 Å². The van der Waals surface area contributed by atoms with Crippen molar-refractivity contribution in [1.82, 2.24) is 19.6 Å². The lowest BCUT2D eigenvalue weighted by atomic mass is 9.94. The molecular weight excluding hydrogens is 448 g/mol. The molecule has 5 rings (SSSR count). The summed E-state index contributed by atoms with van der Waals surface area (Å²) >= 11 is 5.31. The standard InChI is InChI=1S/C22H23BrN4OS/c1-25-10-2-11-26(13-12-25)22(28)20-18-7-8-19-17(9-14-29-19)21(18)27(24-20)16-5-3-15(23)4-6-16/h3-6,9,14H,2,7-8,10-13H2,1H3. The number of carbonyl (C=O) groups excluding carboxylic acids is 1. The molecule has 3 aromatic rings. The van der Waals surface area contributed by atoms with Crippen LogP contribution in [0.1, 0.15) is 27.3 Å². The van der Waals surface area contributed by atoms with E-state index in [0.29, 0.717) is 5.69 Å². The summed E-state index contributed by atoms with van der Waals surface area (Å²) in [5.74, 6) is 0.0751. The normalized spacial score (nSPS) is 17.0. The third kappa shape index (κ3) is 3.45. The van der Waals surface area contributed by atoms with Crippen LogP contribution in [0, 0.1) is 0 Å². The molecule has 0 saturated carbocycles. The molecule has 1 aromatic carbocycles. The molecule has 0 unspecified atom stereocenters. The van der Waals surface area contributed by atoms with Gasteiger partial charge in [0.1, 0.15) is 0 Å². The van der Waals surface area contributed by atoms with Crippen molar-refractivity contribution in [3.63, 3.8) is 0 Å². The van der Waals surface area contributed by atoms with E-state index in [0.717, 1.165) is 66.9 Å². The van der Waals surface area contributed by atoms with Gasteiger partial charge in [-0.2, -0.15) is 5.10 Å². The van der Waals surface area contributed by atoms with Crippen LogP contribution in [0.2, 0.25) is 0 Å². The van der Waals surface area contributed by atoms with Crippen LogP contribution in [0.3, 0.4) is 0 Å². The van der Waals surface area contributed by atoms with Crippen molar-refractivity contribution in [2.24, 2.45) is 0 Å². The number of aryl methyl sites for hydroxylation is 1. The summed E-state index contributed by atoms with van der Waals surface area (Å²) in [5.41, 5.74) is 5.02. The molecule has 7 heteroatoms. The van der Waals surface area contributed by atoms with Crippen molar-refractivity contribution in [2.75, 3.05) is 33.2 Å². The van der Waals surface area contributed by atoms with Crippen LogP contribution in [-0.2, 0) is 12.8 Å². The third-order valence-corrected chi connectivity index (χ3v) is 7.38. The van der Waals surface area contributed by atoms with Crippen LogP contribution in [0.4, 0.5) is 0 Å². The monoisotopic (exact) mass is 470 g/mol. The maximum absolute atomic E-state index is 13.5. The molecule has 29 heavy (non-hydrogen) atoms. The van der Waals surface area contributed by atoms with Gasteiger partial charge < -0.3 is 9.80 Å². The fraction of sp³-hybridized carbons (Fsp3) is 0.364. The number of fused-ring (bicyclic) bond motifs is 3. The summed E-state index contributed by atoms with van der Waals surface area (Å²) in [5, 5.41) is 7.04. The average molecular weight is 471 g/mol. The molecule has 2 aromatic heterocycles. The van der Waals surface area contributed by atoms with Gasteiger partial charge in [0.05, 0.1) is 11.4 Å². The van der Waals surface area contributed by atoms with Crippen molar-refractivity contribution >= 4 is 33.2 Å². The number of thiophene rings is 1. The smallest absolute Gasteiger partial charge is 0.274 e. The minimum atomic E-state index is 0.0751. The summed E-state index contributed by atoms with van der Waals surface area (Å²) in [6, 6.07) is 10.3. The van der Waals surface area contributed by atoms with Gasteiger partial charge in [-0.25, -0.2) is 4.68 Å². The van der Waals surface area contributed by atoms with E-state index >= 15 is 0 Å². The van der Waals surface area contributed by atoms with Crippen LogP contribution in [-0.4, -0.2) is 58.7 Å². The Morgan fingerprint density at radius 3 is 2.72 bits per heavy atom. The van der Waals surface area contributed by atoms with E-state index < -0.39 is 0 Å². The molecule has 1 aliphatic carbocycles. The Labute approximate surface area is 183 Å². The number of amides is 1. The van der Waals surface area contributed by atoms with E-state index in [9.17, 15) is 4.79 Å². The quantitative estimate of drug-likeness (QED) is 0.562. The van der Waals surface area contributed by atoms with Crippen LogP contribution < -0.4 is 0 Å². The van der Waals surface area contributed by atoms with E-state index in [2.05, 4.69) is 39.3 Å². The molecule has 0 atom stereocenters. The highest BCUT2D eigenvalue weighted by Crippen LogP contribution is 2.39. The first kappa shape index (κ1) is 19.0. The van der Waals surface area contributed by atoms with Crippen molar-refractivity contribution in [2.45, 2.75) is 19.3 Å². The van der Waals surface area contributed by atoms with Gasteiger partial charge in [-0.15, -0.1) is 11.3 Å². The number of hydrogen-bond acceptors (Lipinski definition) is 4. The van der Waals surface area contributed by atoms with E-state index in [-0.39, 0.29) is 5.91 Å². The van der Waals surface area contributed by atoms with Crippen LogP contribution in [0.25, 0.3) is 16.9 Å². The number of hydrogen-bond donors (Lipinski definition) is 0. The Balaban J connectivity index is 1.61. The molecule has 2 aliphatic rings. The van der Waals surface area contributed by atoms with Crippen molar-refractivity contribution in [3.05, 3.63) is 56.3 Å². The molecule has 1 saturated heterocycles. The van der Waals surface area contributed by atoms with E-state index in [4.69, 9.17) is 5.10 Å². The molecule has 0 bridgehead atoms. The Hall–Kier alpha value is -1.96. The summed E-state index contributed by atoms with van der Waals surface area (Å²) in [4.78, 5) is 19.2. The van der Waals surface area contributed by atoms with Gasteiger partial charge in [0.25, 0.3) is 5.91 Å². The van der Waals surface area contributed by atoms with Gasteiger partial charge in [0.15, 0.2) is 5.69 Å². The number of benzene rings is 1. The Morgan fingerprint density at radius 1 is 1.07 bits per heavy atom. The first-order valence-corrected chi connectivity index (χ1v) is 11.7. The first-order chi connectivity index (χ1) is 14.1.